The Morgan fingerprint density at radius 2 is 0.903 bits per heavy atom. The van der Waals surface area contributed by atoms with Crippen LogP contribution in [-0.4, -0.2) is 11.9 Å². The van der Waals surface area contributed by atoms with Gasteiger partial charge in [0.05, 0.1) is 6.61 Å². The first-order valence-electron chi connectivity index (χ1n) is 10.6. The molecule has 0 fully saturated rings. The van der Waals surface area contributed by atoms with E-state index < -0.39 is 0 Å². The van der Waals surface area contributed by atoms with E-state index in [9.17, 15) is 0 Å². The molecule has 4 rings (SSSR count). The summed E-state index contributed by atoms with van der Waals surface area (Å²) in [6, 6.07) is 40.3. The van der Waals surface area contributed by atoms with Crippen molar-refractivity contribution in [1.29, 1.82) is 0 Å². The Morgan fingerprint density at radius 1 is 0.516 bits per heavy atom. The Kier molecular flexibility index (Phi) is 7.36. The average molecular weight is 469 g/mol. The Morgan fingerprint density at radius 3 is 1.29 bits per heavy atom. The van der Waals surface area contributed by atoms with E-state index in [0.717, 1.165) is 17.5 Å². The lowest BCUT2D eigenvalue weighted by molar-refractivity contribution is 0.319. The zero-order chi connectivity index (χ0) is 21.3. The highest BCUT2D eigenvalue weighted by atomic mass is 79.9. The molecule has 0 amide bonds. The fourth-order valence-corrected chi connectivity index (χ4v) is 3.92. The maximum absolute atomic E-state index is 5.87. The van der Waals surface area contributed by atoms with Crippen LogP contribution in [0.5, 0.6) is 5.75 Å². The molecular formula is C29H25BrO. The van der Waals surface area contributed by atoms with Gasteiger partial charge in [0.1, 0.15) is 5.75 Å². The van der Waals surface area contributed by atoms with Gasteiger partial charge in [0.25, 0.3) is 0 Å². The number of ether oxygens (including phenoxy) is 1. The molecule has 0 aliphatic rings. The summed E-state index contributed by atoms with van der Waals surface area (Å²) in [6.07, 6.45) is 0.989. The van der Waals surface area contributed by atoms with Crippen molar-refractivity contribution in [2.24, 2.45) is 0 Å². The summed E-state index contributed by atoms with van der Waals surface area (Å²) in [6.45, 7) is 0.714. The first-order chi connectivity index (χ1) is 15.4. The molecule has 0 atom stereocenters. The van der Waals surface area contributed by atoms with Crippen molar-refractivity contribution in [3.05, 3.63) is 138 Å². The lowest BCUT2D eigenvalue weighted by atomic mass is 9.86. The number of halogens is 1. The van der Waals surface area contributed by atoms with Gasteiger partial charge in [0.15, 0.2) is 0 Å². The molecule has 0 spiro atoms. The van der Waals surface area contributed by atoms with E-state index in [1.54, 1.807) is 0 Å². The standard InChI is InChI=1S/C29H25BrO/c30-21-10-22-31-27-19-17-26(18-20-27)29(25-15-8-3-9-16-25)28(23-11-4-1-5-12-23)24-13-6-2-7-14-24/h1-9,11-20H,10,21-22H2. The van der Waals surface area contributed by atoms with E-state index in [-0.39, 0.29) is 0 Å². The van der Waals surface area contributed by atoms with Crippen molar-refractivity contribution in [3.8, 4) is 5.75 Å². The lowest BCUT2D eigenvalue weighted by Gasteiger charge is -2.18. The van der Waals surface area contributed by atoms with Crippen molar-refractivity contribution >= 4 is 27.1 Å². The fraction of sp³-hybridized carbons (Fsp3) is 0.103. The maximum atomic E-state index is 5.87. The topological polar surface area (TPSA) is 9.23 Å². The van der Waals surface area contributed by atoms with Gasteiger partial charge >= 0.3 is 0 Å². The van der Waals surface area contributed by atoms with Crippen LogP contribution in [0.25, 0.3) is 11.1 Å². The molecule has 0 saturated carbocycles. The smallest absolute Gasteiger partial charge is 0.119 e. The molecule has 0 saturated heterocycles. The molecule has 1 nitrogen and oxygen atoms in total. The van der Waals surface area contributed by atoms with Crippen LogP contribution >= 0.6 is 15.9 Å². The zero-order valence-electron chi connectivity index (χ0n) is 17.4. The molecule has 0 heterocycles. The molecule has 154 valence electrons. The Labute approximate surface area is 193 Å². The average Bonchev–Trinajstić information content (AvgIpc) is 2.85. The van der Waals surface area contributed by atoms with Crippen molar-refractivity contribution in [2.75, 3.05) is 11.9 Å². The SMILES string of the molecule is BrCCCOc1ccc(C(=C(c2ccccc2)c2ccccc2)c2ccccc2)cc1. The highest BCUT2D eigenvalue weighted by Gasteiger charge is 2.16. The van der Waals surface area contributed by atoms with Crippen LogP contribution in [0, 0.1) is 0 Å². The second-order valence-corrected chi connectivity index (χ2v) is 8.06. The van der Waals surface area contributed by atoms with Crippen LogP contribution in [-0.2, 0) is 0 Å². The summed E-state index contributed by atoms with van der Waals surface area (Å²) >= 11 is 3.45. The molecule has 0 aliphatic carbocycles. The van der Waals surface area contributed by atoms with Crippen molar-refractivity contribution in [3.63, 3.8) is 0 Å². The van der Waals surface area contributed by atoms with Crippen LogP contribution in [0.15, 0.2) is 115 Å². The number of rotatable bonds is 8. The highest BCUT2D eigenvalue weighted by molar-refractivity contribution is 9.09. The molecule has 0 N–H and O–H groups in total. The van der Waals surface area contributed by atoms with Gasteiger partial charge in [0, 0.05) is 5.33 Å². The van der Waals surface area contributed by atoms with Crippen LogP contribution in [0.1, 0.15) is 28.7 Å². The van der Waals surface area contributed by atoms with Gasteiger partial charge in [0.2, 0.25) is 0 Å². The third-order valence-corrected chi connectivity index (χ3v) is 5.69. The van der Waals surface area contributed by atoms with Crippen LogP contribution in [0.4, 0.5) is 0 Å². The maximum Gasteiger partial charge on any atom is 0.119 e. The predicted molar refractivity (Wildman–Crippen MR) is 135 cm³/mol. The minimum absolute atomic E-state index is 0.714. The molecule has 0 bridgehead atoms. The Balaban J connectivity index is 1.90. The van der Waals surface area contributed by atoms with Gasteiger partial charge in [-0.1, -0.05) is 119 Å². The normalized spacial score (nSPS) is 10.5. The quantitative estimate of drug-likeness (QED) is 0.145. The minimum atomic E-state index is 0.714. The minimum Gasteiger partial charge on any atom is -0.494 e. The summed E-state index contributed by atoms with van der Waals surface area (Å²) in [5.74, 6) is 0.901. The second kappa shape index (κ2) is 10.8. The van der Waals surface area contributed by atoms with E-state index in [4.69, 9.17) is 4.74 Å². The number of alkyl halides is 1. The first-order valence-corrected chi connectivity index (χ1v) is 11.7. The van der Waals surface area contributed by atoms with E-state index in [2.05, 4.69) is 131 Å². The molecular weight excluding hydrogens is 444 g/mol. The summed E-state index contributed by atoms with van der Waals surface area (Å²) < 4.78 is 5.87. The summed E-state index contributed by atoms with van der Waals surface area (Å²) in [5.41, 5.74) is 7.20. The third-order valence-electron chi connectivity index (χ3n) is 5.13. The van der Waals surface area contributed by atoms with Crippen LogP contribution in [0.3, 0.4) is 0 Å². The van der Waals surface area contributed by atoms with Gasteiger partial charge in [-0.05, 0) is 52.0 Å². The number of hydrogen-bond acceptors (Lipinski definition) is 1. The summed E-state index contributed by atoms with van der Waals surface area (Å²) in [7, 11) is 0. The monoisotopic (exact) mass is 468 g/mol. The van der Waals surface area contributed by atoms with Gasteiger partial charge in [-0.3, -0.25) is 0 Å². The predicted octanol–water partition coefficient (Wildman–Crippen LogP) is 7.86. The van der Waals surface area contributed by atoms with Gasteiger partial charge in [-0.25, -0.2) is 0 Å². The Hall–Kier alpha value is -3.10. The van der Waals surface area contributed by atoms with E-state index in [1.807, 2.05) is 0 Å². The molecule has 0 radical (unpaired) electrons. The Bertz CT molecular complexity index is 1060. The van der Waals surface area contributed by atoms with Gasteiger partial charge < -0.3 is 4.74 Å². The molecule has 2 heteroatoms. The van der Waals surface area contributed by atoms with Crippen molar-refractivity contribution in [1.82, 2.24) is 0 Å². The molecule has 0 unspecified atom stereocenters. The van der Waals surface area contributed by atoms with Gasteiger partial charge in [-0.15, -0.1) is 0 Å². The van der Waals surface area contributed by atoms with Gasteiger partial charge in [-0.2, -0.15) is 0 Å². The van der Waals surface area contributed by atoms with Crippen LogP contribution < -0.4 is 4.74 Å². The first kappa shape index (κ1) is 21.1. The second-order valence-electron chi connectivity index (χ2n) is 7.26. The van der Waals surface area contributed by atoms with Crippen molar-refractivity contribution in [2.45, 2.75) is 6.42 Å². The summed E-state index contributed by atoms with van der Waals surface area (Å²) in [4.78, 5) is 0. The molecule has 0 aromatic heterocycles. The zero-order valence-corrected chi connectivity index (χ0v) is 19.0. The highest BCUT2D eigenvalue weighted by Crippen LogP contribution is 2.37. The van der Waals surface area contributed by atoms with E-state index >= 15 is 0 Å². The number of benzene rings is 4. The van der Waals surface area contributed by atoms with Crippen molar-refractivity contribution < 1.29 is 4.74 Å². The fourth-order valence-electron chi connectivity index (χ4n) is 3.69. The van der Waals surface area contributed by atoms with E-state index in [0.29, 0.717) is 6.61 Å². The summed E-state index contributed by atoms with van der Waals surface area (Å²) in [5, 5.41) is 0.948. The van der Waals surface area contributed by atoms with E-state index in [1.165, 1.54) is 33.4 Å². The molecule has 0 aliphatic heterocycles. The lowest BCUT2D eigenvalue weighted by Crippen LogP contribution is -1.99. The molecule has 31 heavy (non-hydrogen) atoms. The molecule has 4 aromatic rings. The van der Waals surface area contributed by atoms with Crippen LogP contribution in [0.2, 0.25) is 0 Å². The third kappa shape index (κ3) is 5.34. The molecule has 4 aromatic carbocycles. The number of hydrogen-bond donors (Lipinski definition) is 0. The largest absolute Gasteiger partial charge is 0.494 e.